The topological polar surface area (TPSA) is 41.6 Å². The molecule has 0 spiro atoms. The van der Waals surface area contributed by atoms with E-state index >= 15 is 0 Å². The van der Waals surface area contributed by atoms with Crippen LogP contribution < -0.4 is 10.1 Å². The van der Waals surface area contributed by atoms with Crippen molar-refractivity contribution in [3.63, 3.8) is 0 Å². The van der Waals surface area contributed by atoms with E-state index < -0.39 is 0 Å². The monoisotopic (exact) mass is 332 g/mol. The molecule has 0 atom stereocenters. The fourth-order valence-electron chi connectivity index (χ4n) is 3.00. The van der Waals surface area contributed by atoms with Crippen LogP contribution >= 0.6 is 0 Å². The van der Waals surface area contributed by atoms with Gasteiger partial charge in [0, 0.05) is 18.8 Å². The Morgan fingerprint density at radius 2 is 1.75 bits per heavy atom. The number of nitrogens with zero attached hydrogens (tertiary/aromatic N) is 1. The predicted molar refractivity (Wildman–Crippen MR) is 99.6 cm³/mol. The van der Waals surface area contributed by atoms with Crippen molar-refractivity contribution in [1.82, 2.24) is 4.90 Å². The molecule has 1 aliphatic rings. The second-order valence-electron chi connectivity index (χ2n) is 6.58. The first-order valence-corrected chi connectivity index (χ1v) is 9.54. The van der Waals surface area contributed by atoms with Gasteiger partial charge in [0.2, 0.25) is 5.91 Å². The minimum atomic E-state index is 0.196. The molecule has 1 aromatic rings. The fourth-order valence-corrected chi connectivity index (χ4v) is 3.00. The van der Waals surface area contributed by atoms with Crippen molar-refractivity contribution in [3.8, 4) is 5.75 Å². The van der Waals surface area contributed by atoms with Crippen molar-refractivity contribution in [3.05, 3.63) is 24.3 Å². The van der Waals surface area contributed by atoms with Crippen LogP contribution in [0.4, 0.5) is 5.69 Å². The third-order valence-electron chi connectivity index (χ3n) is 4.52. The molecule has 0 unspecified atom stereocenters. The zero-order valence-electron chi connectivity index (χ0n) is 15.1. The van der Waals surface area contributed by atoms with Crippen LogP contribution in [0.1, 0.15) is 58.3 Å². The Labute approximate surface area is 146 Å². The van der Waals surface area contributed by atoms with E-state index in [1.807, 2.05) is 29.2 Å². The van der Waals surface area contributed by atoms with E-state index in [0.29, 0.717) is 6.54 Å². The molecule has 1 N–H and O–H groups in total. The number of hydrogen-bond donors (Lipinski definition) is 1. The molecule has 1 aromatic carbocycles. The molecule has 0 radical (unpaired) electrons. The summed E-state index contributed by atoms with van der Waals surface area (Å²) in [5.41, 5.74) is 0.968. The van der Waals surface area contributed by atoms with Crippen LogP contribution in [0.25, 0.3) is 0 Å². The predicted octanol–water partition coefficient (Wildman–Crippen LogP) is 4.46. The van der Waals surface area contributed by atoms with Crippen LogP contribution in [0.2, 0.25) is 0 Å². The van der Waals surface area contributed by atoms with Crippen LogP contribution in [0, 0.1) is 0 Å². The highest BCUT2D eigenvalue weighted by Gasteiger charge is 2.15. The molecule has 134 valence electrons. The summed E-state index contributed by atoms with van der Waals surface area (Å²) >= 11 is 0. The molecule has 24 heavy (non-hydrogen) atoms. The molecule has 1 fully saturated rings. The number of hydrogen-bond acceptors (Lipinski definition) is 3. The van der Waals surface area contributed by atoms with Crippen molar-refractivity contribution in [2.24, 2.45) is 0 Å². The Balaban J connectivity index is 1.63. The van der Waals surface area contributed by atoms with Gasteiger partial charge in [0.15, 0.2) is 0 Å². The maximum absolute atomic E-state index is 12.1. The minimum Gasteiger partial charge on any atom is -0.494 e. The zero-order chi connectivity index (χ0) is 17.0. The molecule has 1 heterocycles. The van der Waals surface area contributed by atoms with Gasteiger partial charge in [-0.25, -0.2) is 0 Å². The summed E-state index contributed by atoms with van der Waals surface area (Å²) < 4.78 is 5.76. The Bertz CT molecular complexity index is 467. The fraction of sp³-hybridized carbons (Fsp3) is 0.650. The highest BCUT2D eigenvalue weighted by atomic mass is 16.5. The van der Waals surface area contributed by atoms with Gasteiger partial charge in [-0.1, -0.05) is 32.6 Å². The molecule has 0 aliphatic carbocycles. The van der Waals surface area contributed by atoms with Gasteiger partial charge in [0.1, 0.15) is 5.75 Å². The number of anilines is 1. The Morgan fingerprint density at radius 1 is 1.04 bits per heavy atom. The summed E-state index contributed by atoms with van der Waals surface area (Å²) in [4.78, 5) is 14.1. The highest BCUT2D eigenvalue weighted by Crippen LogP contribution is 2.16. The summed E-state index contributed by atoms with van der Waals surface area (Å²) in [5.74, 6) is 1.10. The number of likely N-dealkylation sites (tertiary alicyclic amines) is 1. The maximum Gasteiger partial charge on any atom is 0.241 e. The molecule has 1 aliphatic heterocycles. The van der Waals surface area contributed by atoms with E-state index in [4.69, 9.17) is 4.74 Å². The lowest BCUT2D eigenvalue weighted by atomic mass is 10.1. The Kier molecular flexibility index (Phi) is 8.50. The molecule has 0 saturated carbocycles. The zero-order valence-corrected chi connectivity index (χ0v) is 15.1. The maximum atomic E-state index is 12.1. The number of benzene rings is 1. The summed E-state index contributed by atoms with van der Waals surface area (Å²) in [7, 11) is 0. The standard InChI is InChI=1S/C20H32N2O2/c1-2-3-4-5-9-16-24-19-12-10-18(11-13-19)21-17-20(23)22-14-7-6-8-15-22/h10-13,21H,2-9,14-17H2,1H3. The number of carbonyl (C=O) groups is 1. The molecule has 1 amide bonds. The smallest absolute Gasteiger partial charge is 0.241 e. The van der Waals surface area contributed by atoms with Crippen LogP contribution in [0.5, 0.6) is 5.75 Å². The van der Waals surface area contributed by atoms with Gasteiger partial charge in [0.05, 0.1) is 13.2 Å². The van der Waals surface area contributed by atoms with Gasteiger partial charge >= 0.3 is 0 Å². The number of ether oxygens (including phenoxy) is 1. The Morgan fingerprint density at radius 3 is 2.46 bits per heavy atom. The molecular formula is C20H32N2O2. The van der Waals surface area contributed by atoms with Gasteiger partial charge in [-0.3, -0.25) is 4.79 Å². The minimum absolute atomic E-state index is 0.196. The lowest BCUT2D eigenvalue weighted by Gasteiger charge is -2.26. The average molecular weight is 332 g/mol. The lowest BCUT2D eigenvalue weighted by Crippen LogP contribution is -2.39. The Hall–Kier alpha value is -1.71. The number of piperidine rings is 1. The second kappa shape index (κ2) is 11.0. The molecule has 4 nitrogen and oxygen atoms in total. The number of amides is 1. The van der Waals surface area contributed by atoms with E-state index in [1.54, 1.807) is 0 Å². The van der Waals surface area contributed by atoms with E-state index in [2.05, 4.69) is 12.2 Å². The van der Waals surface area contributed by atoms with Crippen molar-refractivity contribution in [2.75, 3.05) is 31.6 Å². The molecule has 0 aromatic heterocycles. The van der Waals surface area contributed by atoms with Gasteiger partial charge in [-0.15, -0.1) is 0 Å². The second-order valence-corrected chi connectivity index (χ2v) is 6.58. The van der Waals surface area contributed by atoms with Crippen LogP contribution in [0.15, 0.2) is 24.3 Å². The number of unbranched alkanes of at least 4 members (excludes halogenated alkanes) is 4. The van der Waals surface area contributed by atoms with Crippen LogP contribution in [0.3, 0.4) is 0 Å². The summed E-state index contributed by atoms with van der Waals surface area (Å²) in [5, 5.41) is 3.21. The average Bonchev–Trinajstić information content (AvgIpc) is 2.64. The third-order valence-corrected chi connectivity index (χ3v) is 4.52. The summed E-state index contributed by atoms with van der Waals surface area (Å²) in [6.45, 7) is 5.20. The molecule has 4 heteroatoms. The number of carbonyl (C=O) groups excluding carboxylic acids is 1. The van der Waals surface area contributed by atoms with Gasteiger partial charge in [-0.2, -0.15) is 0 Å². The molecule has 0 bridgehead atoms. The van der Waals surface area contributed by atoms with Crippen molar-refractivity contribution in [2.45, 2.75) is 58.3 Å². The third kappa shape index (κ3) is 6.81. The van der Waals surface area contributed by atoms with Gasteiger partial charge in [-0.05, 0) is 49.9 Å². The summed E-state index contributed by atoms with van der Waals surface area (Å²) in [6, 6.07) is 7.91. The van der Waals surface area contributed by atoms with E-state index in [1.165, 1.54) is 32.1 Å². The van der Waals surface area contributed by atoms with E-state index in [-0.39, 0.29) is 5.91 Å². The molecular weight excluding hydrogens is 300 g/mol. The highest BCUT2D eigenvalue weighted by molar-refractivity contribution is 5.80. The molecule has 2 rings (SSSR count). The van der Waals surface area contributed by atoms with Gasteiger partial charge < -0.3 is 15.0 Å². The SMILES string of the molecule is CCCCCCCOc1ccc(NCC(=O)N2CCCCC2)cc1. The van der Waals surface area contributed by atoms with Crippen molar-refractivity contribution < 1.29 is 9.53 Å². The van der Waals surface area contributed by atoms with Crippen LogP contribution in [-0.2, 0) is 4.79 Å². The van der Waals surface area contributed by atoms with E-state index in [0.717, 1.165) is 50.4 Å². The normalized spacial score (nSPS) is 14.5. The first-order chi connectivity index (χ1) is 11.8. The summed E-state index contributed by atoms with van der Waals surface area (Å²) in [6.07, 6.45) is 9.76. The van der Waals surface area contributed by atoms with Crippen molar-refractivity contribution in [1.29, 1.82) is 0 Å². The quantitative estimate of drug-likeness (QED) is 0.643. The van der Waals surface area contributed by atoms with Gasteiger partial charge in [0.25, 0.3) is 0 Å². The van der Waals surface area contributed by atoms with E-state index in [9.17, 15) is 4.79 Å². The largest absolute Gasteiger partial charge is 0.494 e. The first kappa shape index (κ1) is 18.6. The lowest BCUT2D eigenvalue weighted by molar-refractivity contribution is -0.130. The molecule has 1 saturated heterocycles. The first-order valence-electron chi connectivity index (χ1n) is 9.54. The van der Waals surface area contributed by atoms with Crippen LogP contribution in [-0.4, -0.2) is 37.0 Å². The number of rotatable bonds is 10. The number of nitrogens with one attached hydrogen (secondary N) is 1. The van der Waals surface area contributed by atoms with Crippen molar-refractivity contribution >= 4 is 11.6 Å².